The second kappa shape index (κ2) is 8.84. The standard InChI is InChI=1S/C30H40F2N2O3/c1-28(36)10-11-30(17-37-3)19(14-28)4-5-21-22-6-7-24(29(22,2)9-8-23(21)30)26(35)16-34-27-18(15-33-34)12-20(31)13-25(27)32/h12-13,15,19,21-24,36H,4-11,14,16-17H2,1-3H3/t19-,21-,22-,23-,24+,28+,29-,30+/m0/s1. The molecule has 4 saturated carbocycles. The molecule has 7 heteroatoms. The van der Waals surface area contributed by atoms with Crippen molar-refractivity contribution in [3.8, 4) is 0 Å². The minimum Gasteiger partial charge on any atom is -0.390 e. The van der Waals surface area contributed by atoms with E-state index in [0.717, 1.165) is 64.0 Å². The van der Waals surface area contributed by atoms with E-state index in [1.54, 1.807) is 0 Å². The summed E-state index contributed by atoms with van der Waals surface area (Å²) < 4.78 is 35.5. The Hall–Kier alpha value is -1.86. The Morgan fingerprint density at radius 2 is 1.92 bits per heavy atom. The number of hydrogen-bond donors (Lipinski definition) is 1. The van der Waals surface area contributed by atoms with Gasteiger partial charge in [0.25, 0.3) is 0 Å². The van der Waals surface area contributed by atoms with Crippen molar-refractivity contribution in [2.75, 3.05) is 13.7 Å². The van der Waals surface area contributed by atoms with E-state index in [4.69, 9.17) is 4.74 Å². The van der Waals surface area contributed by atoms with Crippen LogP contribution in [0.5, 0.6) is 0 Å². The molecule has 6 rings (SSSR count). The maximum absolute atomic E-state index is 14.5. The smallest absolute Gasteiger partial charge is 0.157 e. The molecule has 1 aromatic heterocycles. The van der Waals surface area contributed by atoms with E-state index in [1.807, 2.05) is 14.0 Å². The number of carbonyl (C=O) groups excluding carboxylic acids is 1. The average Bonchev–Trinajstić information content (AvgIpc) is 3.39. The fraction of sp³-hybridized carbons (Fsp3) is 0.733. The first-order valence-electron chi connectivity index (χ1n) is 14.1. The van der Waals surface area contributed by atoms with E-state index >= 15 is 0 Å². The second-order valence-electron chi connectivity index (χ2n) is 13.3. The molecule has 4 aliphatic carbocycles. The molecule has 0 radical (unpaired) electrons. The highest BCUT2D eigenvalue weighted by molar-refractivity contribution is 5.85. The van der Waals surface area contributed by atoms with Crippen molar-refractivity contribution in [3.05, 3.63) is 30.0 Å². The summed E-state index contributed by atoms with van der Waals surface area (Å²) in [5.41, 5.74) is -0.312. The Morgan fingerprint density at radius 3 is 2.70 bits per heavy atom. The minimum atomic E-state index is -0.678. The Bertz CT molecular complexity index is 1210. The molecule has 0 saturated heterocycles. The van der Waals surface area contributed by atoms with Gasteiger partial charge in [0, 0.05) is 24.5 Å². The number of ketones is 1. The van der Waals surface area contributed by atoms with Gasteiger partial charge in [-0.1, -0.05) is 6.92 Å². The number of halogens is 2. The third-order valence-corrected chi connectivity index (χ3v) is 11.4. The molecule has 0 amide bonds. The molecule has 1 heterocycles. The molecule has 202 valence electrons. The van der Waals surface area contributed by atoms with E-state index < -0.39 is 17.2 Å². The fourth-order valence-electron chi connectivity index (χ4n) is 9.84. The molecule has 8 atom stereocenters. The van der Waals surface area contributed by atoms with Gasteiger partial charge in [0.05, 0.1) is 18.4 Å². The highest BCUT2D eigenvalue weighted by Gasteiger charge is 2.63. The number of methoxy groups -OCH3 is 1. The van der Waals surface area contributed by atoms with Crippen molar-refractivity contribution in [1.82, 2.24) is 9.78 Å². The number of aliphatic hydroxyl groups is 1. The highest BCUT2D eigenvalue weighted by Crippen LogP contribution is 2.68. The number of rotatable bonds is 5. The van der Waals surface area contributed by atoms with Gasteiger partial charge in [-0.15, -0.1) is 0 Å². The largest absolute Gasteiger partial charge is 0.390 e. The topological polar surface area (TPSA) is 64.3 Å². The normalized spacial score (nSPS) is 41.3. The van der Waals surface area contributed by atoms with Gasteiger partial charge in [0.1, 0.15) is 17.9 Å². The van der Waals surface area contributed by atoms with E-state index in [0.29, 0.717) is 29.1 Å². The summed E-state index contributed by atoms with van der Waals surface area (Å²) in [6, 6.07) is 2.12. The van der Waals surface area contributed by atoms with E-state index in [-0.39, 0.29) is 34.6 Å². The summed E-state index contributed by atoms with van der Waals surface area (Å²) in [5, 5.41) is 15.5. The zero-order valence-electron chi connectivity index (χ0n) is 22.3. The number of hydrogen-bond acceptors (Lipinski definition) is 4. The summed E-state index contributed by atoms with van der Waals surface area (Å²) in [5.74, 6) is 0.885. The zero-order chi connectivity index (χ0) is 26.2. The number of Topliss-reactive ketones (excluding diaryl/α,β-unsaturated/α-hetero) is 1. The van der Waals surface area contributed by atoms with Crippen LogP contribution in [0.2, 0.25) is 0 Å². The Balaban J connectivity index is 1.24. The maximum Gasteiger partial charge on any atom is 0.157 e. The van der Waals surface area contributed by atoms with Crippen LogP contribution >= 0.6 is 0 Å². The van der Waals surface area contributed by atoms with Crippen LogP contribution in [0, 0.1) is 52.1 Å². The van der Waals surface area contributed by atoms with Gasteiger partial charge in [0.2, 0.25) is 0 Å². The van der Waals surface area contributed by atoms with E-state index in [2.05, 4.69) is 12.0 Å². The van der Waals surface area contributed by atoms with Gasteiger partial charge < -0.3 is 9.84 Å². The van der Waals surface area contributed by atoms with Crippen LogP contribution < -0.4 is 0 Å². The van der Waals surface area contributed by atoms with Gasteiger partial charge in [-0.25, -0.2) is 8.78 Å². The van der Waals surface area contributed by atoms with Crippen LogP contribution in [0.25, 0.3) is 10.9 Å². The Labute approximate surface area is 217 Å². The molecule has 4 fully saturated rings. The third-order valence-electron chi connectivity index (χ3n) is 11.4. The van der Waals surface area contributed by atoms with Crippen molar-refractivity contribution < 1.29 is 23.4 Å². The molecule has 0 aliphatic heterocycles. The van der Waals surface area contributed by atoms with Crippen LogP contribution in [-0.4, -0.2) is 40.0 Å². The number of fused-ring (bicyclic) bond motifs is 6. The van der Waals surface area contributed by atoms with Crippen molar-refractivity contribution in [1.29, 1.82) is 0 Å². The predicted molar refractivity (Wildman–Crippen MR) is 137 cm³/mol. The predicted octanol–water partition coefficient (Wildman–Crippen LogP) is 5.92. The summed E-state index contributed by atoms with van der Waals surface area (Å²) in [6.07, 6.45) is 10.5. The molecular formula is C30H40F2N2O3. The van der Waals surface area contributed by atoms with Gasteiger partial charge >= 0.3 is 0 Å². The number of ether oxygens (including phenoxy) is 1. The molecule has 2 aromatic rings. The van der Waals surface area contributed by atoms with Gasteiger partial charge in [-0.3, -0.25) is 9.48 Å². The van der Waals surface area contributed by atoms with Crippen molar-refractivity contribution >= 4 is 16.7 Å². The molecule has 0 spiro atoms. The molecule has 0 bridgehead atoms. The highest BCUT2D eigenvalue weighted by atomic mass is 19.1. The van der Waals surface area contributed by atoms with Crippen molar-refractivity contribution in [3.63, 3.8) is 0 Å². The summed E-state index contributed by atoms with van der Waals surface area (Å²) in [6.45, 7) is 5.10. The summed E-state index contributed by atoms with van der Waals surface area (Å²) >= 11 is 0. The van der Waals surface area contributed by atoms with E-state index in [1.165, 1.54) is 23.4 Å². The molecule has 1 aromatic carbocycles. The van der Waals surface area contributed by atoms with Crippen molar-refractivity contribution in [2.24, 2.45) is 40.4 Å². The molecule has 0 unspecified atom stereocenters. The monoisotopic (exact) mass is 514 g/mol. The molecule has 37 heavy (non-hydrogen) atoms. The third kappa shape index (κ3) is 3.90. The van der Waals surface area contributed by atoms with Crippen LogP contribution in [0.4, 0.5) is 8.78 Å². The molecule has 5 nitrogen and oxygen atoms in total. The van der Waals surface area contributed by atoms with E-state index in [9.17, 15) is 18.7 Å². The zero-order valence-corrected chi connectivity index (χ0v) is 22.3. The van der Waals surface area contributed by atoms with Crippen LogP contribution in [0.1, 0.15) is 71.6 Å². The molecular weight excluding hydrogens is 474 g/mol. The summed E-state index contributed by atoms with van der Waals surface area (Å²) in [4.78, 5) is 13.7. The Morgan fingerprint density at radius 1 is 1.11 bits per heavy atom. The number of aromatic nitrogens is 2. The van der Waals surface area contributed by atoms with Gasteiger partial charge in [-0.2, -0.15) is 5.10 Å². The lowest BCUT2D eigenvalue weighted by Crippen LogP contribution is -2.58. The van der Waals surface area contributed by atoms with Gasteiger partial charge in [-0.05, 0) is 105 Å². The first-order valence-corrected chi connectivity index (χ1v) is 14.1. The SMILES string of the molecule is COC[C@]12CC[C@@](C)(O)C[C@@H]1CC[C@H]1[C@@H]3CC[C@H](C(=O)Cn4ncc5cc(F)cc(F)c54)[C@@]3(C)CC[C@@H]12. The van der Waals surface area contributed by atoms with Gasteiger partial charge in [0.15, 0.2) is 11.6 Å². The average molecular weight is 515 g/mol. The lowest BCUT2D eigenvalue weighted by Gasteiger charge is -2.62. The molecule has 4 aliphatic rings. The van der Waals surface area contributed by atoms with Crippen LogP contribution in [-0.2, 0) is 16.1 Å². The number of carbonyl (C=O) groups is 1. The van der Waals surface area contributed by atoms with Crippen LogP contribution in [0.15, 0.2) is 18.3 Å². The molecule has 1 N–H and O–H groups in total. The first-order chi connectivity index (χ1) is 17.6. The maximum atomic E-state index is 14.5. The second-order valence-corrected chi connectivity index (χ2v) is 13.3. The lowest BCUT2D eigenvalue weighted by atomic mass is 9.43. The summed E-state index contributed by atoms with van der Waals surface area (Å²) in [7, 11) is 1.82. The fourth-order valence-corrected chi connectivity index (χ4v) is 9.84. The number of nitrogens with zero attached hydrogens (tertiary/aromatic N) is 2. The quantitative estimate of drug-likeness (QED) is 0.538. The minimum absolute atomic E-state index is 0.0257. The van der Waals surface area contributed by atoms with Crippen molar-refractivity contribution in [2.45, 2.75) is 83.8 Å². The lowest BCUT2D eigenvalue weighted by molar-refractivity contribution is -0.175. The Kier molecular flexibility index (Phi) is 6.07. The number of benzene rings is 1. The van der Waals surface area contributed by atoms with Crippen LogP contribution in [0.3, 0.4) is 0 Å². The first kappa shape index (κ1) is 25.4.